The maximum atomic E-state index is 12.9. The predicted molar refractivity (Wildman–Crippen MR) is 91.4 cm³/mol. The molecule has 2 aromatic carbocycles. The van der Waals surface area contributed by atoms with E-state index >= 15 is 0 Å². The molecule has 1 aliphatic rings. The number of likely N-dealkylation sites (tertiary alicyclic amines) is 1. The molecular weight excluding hydrogens is 344 g/mol. The highest BCUT2D eigenvalue weighted by Gasteiger charge is 2.34. The van der Waals surface area contributed by atoms with Crippen molar-refractivity contribution in [3.63, 3.8) is 0 Å². The fraction of sp³-hybridized carbons (Fsp3) is 0.368. The number of aliphatic carboxylic acids is 1. The minimum atomic E-state index is -3.04. The number of carbonyl (C=O) groups excluding carboxylic acids is 1. The van der Waals surface area contributed by atoms with Crippen molar-refractivity contribution < 1.29 is 28.2 Å². The van der Waals surface area contributed by atoms with Crippen molar-refractivity contribution in [2.24, 2.45) is 11.8 Å². The van der Waals surface area contributed by atoms with Gasteiger partial charge in [-0.3, -0.25) is 9.59 Å². The zero-order valence-electron chi connectivity index (χ0n) is 14.2. The molecule has 7 heteroatoms. The Morgan fingerprint density at radius 3 is 2.46 bits per heavy atom. The van der Waals surface area contributed by atoms with Crippen LogP contribution in [-0.4, -0.2) is 41.6 Å². The molecule has 1 amide bonds. The van der Waals surface area contributed by atoms with Gasteiger partial charge in [0.1, 0.15) is 5.75 Å². The van der Waals surface area contributed by atoms with E-state index in [0.717, 1.165) is 5.39 Å². The van der Waals surface area contributed by atoms with Crippen molar-refractivity contribution in [2.45, 2.75) is 20.0 Å². The first-order valence-electron chi connectivity index (χ1n) is 8.36. The third-order valence-corrected chi connectivity index (χ3v) is 4.80. The number of nitrogens with zero attached hydrogens (tertiary/aromatic N) is 1. The Balaban J connectivity index is 1.93. The van der Waals surface area contributed by atoms with Crippen LogP contribution >= 0.6 is 0 Å². The molecule has 26 heavy (non-hydrogen) atoms. The molecule has 0 radical (unpaired) electrons. The molecule has 0 bridgehead atoms. The largest absolute Gasteiger partial charge is 0.481 e. The van der Waals surface area contributed by atoms with Gasteiger partial charge in [0, 0.05) is 13.1 Å². The van der Waals surface area contributed by atoms with Crippen LogP contribution in [-0.2, 0) is 4.79 Å². The lowest BCUT2D eigenvalue weighted by molar-refractivity contribution is -0.145. The number of benzene rings is 2. The van der Waals surface area contributed by atoms with E-state index in [0.29, 0.717) is 11.8 Å². The summed E-state index contributed by atoms with van der Waals surface area (Å²) >= 11 is 0. The molecule has 2 unspecified atom stereocenters. The van der Waals surface area contributed by atoms with Crippen LogP contribution < -0.4 is 4.74 Å². The number of carboxylic acid groups (broad SMARTS) is 1. The van der Waals surface area contributed by atoms with Crippen molar-refractivity contribution >= 4 is 22.6 Å². The first kappa shape index (κ1) is 18.1. The number of piperidine rings is 1. The van der Waals surface area contributed by atoms with E-state index in [9.17, 15) is 23.5 Å². The fourth-order valence-corrected chi connectivity index (χ4v) is 3.45. The van der Waals surface area contributed by atoms with Gasteiger partial charge < -0.3 is 14.7 Å². The molecule has 1 saturated heterocycles. The summed E-state index contributed by atoms with van der Waals surface area (Å²) in [7, 11) is 0. The van der Waals surface area contributed by atoms with Crippen molar-refractivity contribution in [1.29, 1.82) is 0 Å². The quantitative estimate of drug-likeness (QED) is 0.901. The molecule has 2 aromatic rings. The molecule has 5 nitrogen and oxygen atoms in total. The average molecular weight is 363 g/mol. The topological polar surface area (TPSA) is 66.8 Å². The highest BCUT2D eigenvalue weighted by Crippen LogP contribution is 2.31. The van der Waals surface area contributed by atoms with E-state index in [1.807, 2.05) is 0 Å². The molecule has 3 rings (SSSR count). The minimum Gasteiger partial charge on any atom is -0.481 e. The monoisotopic (exact) mass is 363 g/mol. The molecular formula is C19H19F2NO4. The van der Waals surface area contributed by atoms with Gasteiger partial charge in [0.15, 0.2) is 0 Å². The van der Waals surface area contributed by atoms with E-state index in [2.05, 4.69) is 4.74 Å². The number of rotatable bonds is 4. The predicted octanol–water partition coefficient (Wildman–Crippen LogP) is 3.62. The number of carbonyl (C=O) groups is 2. The van der Waals surface area contributed by atoms with Crippen LogP contribution in [0.1, 0.15) is 23.7 Å². The van der Waals surface area contributed by atoms with Crippen LogP contribution in [0, 0.1) is 11.8 Å². The number of fused-ring (bicyclic) bond motifs is 1. The smallest absolute Gasteiger partial charge is 0.387 e. The Labute approximate surface area is 149 Å². The third kappa shape index (κ3) is 3.61. The molecule has 0 aromatic heterocycles. The van der Waals surface area contributed by atoms with Gasteiger partial charge in [0.05, 0.1) is 11.5 Å². The Morgan fingerprint density at radius 2 is 1.88 bits per heavy atom. The average Bonchev–Trinajstić information content (AvgIpc) is 2.59. The lowest BCUT2D eigenvalue weighted by Crippen LogP contribution is -2.45. The van der Waals surface area contributed by atoms with E-state index in [1.165, 1.54) is 11.0 Å². The molecule has 2 atom stereocenters. The van der Waals surface area contributed by atoms with Gasteiger partial charge in [-0.05, 0) is 35.2 Å². The van der Waals surface area contributed by atoms with Crippen molar-refractivity contribution in [2.75, 3.05) is 13.1 Å². The number of alkyl halides is 2. The molecule has 1 heterocycles. The zero-order chi connectivity index (χ0) is 18.8. The van der Waals surface area contributed by atoms with Gasteiger partial charge >= 0.3 is 12.6 Å². The van der Waals surface area contributed by atoms with Crippen LogP contribution in [0.15, 0.2) is 36.4 Å². The van der Waals surface area contributed by atoms with Crippen LogP contribution in [0.25, 0.3) is 10.8 Å². The Kier molecular flexibility index (Phi) is 5.06. The zero-order valence-corrected chi connectivity index (χ0v) is 14.2. The normalized spacial score (nSPS) is 20.4. The molecule has 0 saturated carbocycles. The first-order valence-corrected chi connectivity index (χ1v) is 8.36. The van der Waals surface area contributed by atoms with Crippen molar-refractivity contribution in [3.8, 4) is 5.75 Å². The number of amides is 1. The number of hydrogen-bond acceptors (Lipinski definition) is 3. The Hall–Kier alpha value is -2.70. The highest BCUT2D eigenvalue weighted by atomic mass is 19.3. The SMILES string of the molecule is CC1CN(C(=O)c2cc3ccccc3cc2OC(F)F)CCC1C(=O)O. The Morgan fingerprint density at radius 1 is 1.23 bits per heavy atom. The second-order valence-corrected chi connectivity index (χ2v) is 6.54. The van der Waals surface area contributed by atoms with E-state index < -0.39 is 24.4 Å². The van der Waals surface area contributed by atoms with Gasteiger partial charge in [-0.2, -0.15) is 8.78 Å². The molecule has 1 N–H and O–H groups in total. The lowest BCUT2D eigenvalue weighted by atomic mass is 9.86. The van der Waals surface area contributed by atoms with Crippen molar-refractivity contribution in [3.05, 3.63) is 42.0 Å². The summed E-state index contributed by atoms with van der Waals surface area (Å²) in [6.45, 7) is -0.744. The van der Waals surface area contributed by atoms with E-state index in [-0.39, 0.29) is 30.3 Å². The maximum Gasteiger partial charge on any atom is 0.387 e. The van der Waals surface area contributed by atoms with E-state index in [1.54, 1.807) is 37.3 Å². The number of hydrogen-bond donors (Lipinski definition) is 1. The van der Waals surface area contributed by atoms with E-state index in [4.69, 9.17) is 0 Å². The first-order chi connectivity index (χ1) is 12.4. The molecule has 0 spiro atoms. The number of halogens is 2. The molecule has 0 aliphatic carbocycles. The standard InChI is InChI=1S/C19H19F2NO4/c1-11-10-22(7-6-14(11)18(24)25)17(23)15-8-12-4-2-3-5-13(12)9-16(15)26-19(20)21/h2-5,8-9,11,14,19H,6-7,10H2,1H3,(H,24,25). The molecule has 1 aliphatic heterocycles. The Bertz CT molecular complexity index is 839. The fourth-order valence-electron chi connectivity index (χ4n) is 3.45. The summed E-state index contributed by atoms with van der Waals surface area (Å²) in [6, 6.07) is 10.1. The minimum absolute atomic E-state index is 0.0602. The molecule has 1 fully saturated rings. The van der Waals surface area contributed by atoms with Crippen LogP contribution in [0.3, 0.4) is 0 Å². The second-order valence-electron chi connectivity index (χ2n) is 6.54. The van der Waals surface area contributed by atoms with Crippen LogP contribution in [0.5, 0.6) is 5.75 Å². The maximum absolute atomic E-state index is 12.9. The number of carboxylic acids is 1. The van der Waals surface area contributed by atoms with Gasteiger partial charge in [-0.15, -0.1) is 0 Å². The van der Waals surface area contributed by atoms with Crippen LogP contribution in [0.4, 0.5) is 8.78 Å². The summed E-state index contributed by atoms with van der Waals surface area (Å²) < 4.78 is 30.2. The summed E-state index contributed by atoms with van der Waals surface area (Å²) in [5.41, 5.74) is 0.0602. The van der Waals surface area contributed by atoms with Gasteiger partial charge in [0.2, 0.25) is 0 Å². The van der Waals surface area contributed by atoms with Gasteiger partial charge in [0.25, 0.3) is 5.91 Å². The summed E-state index contributed by atoms with van der Waals surface area (Å²) in [5, 5.41) is 10.6. The summed E-state index contributed by atoms with van der Waals surface area (Å²) in [6.07, 6.45) is 0.334. The highest BCUT2D eigenvalue weighted by molar-refractivity contribution is 6.01. The summed E-state index contributed by atoms with van der Waals surface area (Å²) in [5.74, 6) is -2.20. The summed E-state index contributed by atoms with van der Waals surface area (Å²) in [4.78, 5) is 25.7. The van der Waals surface area contributed by atoms with Crippen LogP contribution in [0.2, 0.25) is 0 Å². The lowest BCUT2D eigenvalue weighted by Gasteiger charge is -2.35. The van der Waals surface area contributed by atoms with Crippen molar-refractivity contribution in [1.82, 2.24) is 4.90 Å². The third-order valence-electron chi connectivity index (χ3n) is 4.80. The van der Waals surface area contributed by atoms with Gasteiger partial charge in [-0.25, -0.2) is 0 Å². The van der Waals surface area contributed by atoms with Gasteiger partial charge in [-0.1, -0.05) is 31.2 Å². The molecule has 138 valence electrons. The second kappa shape index (κ2) is 7.27. The number of ether oxygens (including phenoxy) is 1.